The first-order chi connectivity index (χ1) is 9.11. The first-order valence-corrected chi connectivity index (χ1v) is 5.79. The molecule has 1 heterocycles. The van der Waals surface area contributed by atoms with Crippen LogP contribution < -0.4 is 10.1 Å². The van der Waals surface area contributed by atoms with E-state index in [1.54, 1.807) is 24.5 Å². The SMILES string of the molecule is COc1ccc(C(=O)NC(C)c2ncc[nH]2)cc1O. The number of phenolic OH excluding ortho intramolecular Hbond substituents is 1. The van der Waals surface area contributed by atoms with Crippen molar-refractivity contribution in [2.45, 2.75) is 13.0 Å². The summed E-state index contributed by atoms with van der Waals surface area (Å²) < 4.78 is 4.92. The first kappa shape index (κ1) is 12.9. The van der Waals surface area contributed by atoms with Gasteiger partial charge in [-0.2, -0.15) is 0 Å². The fourth-order valence-electron chi connectivity index (χ4n) is 1.69. The van der Waals surface area contributed by atoms with Gasteiger partial charge in [0.2, 0.25) is 0 Å². The fraction of sp³-hybridized carbons (Fsp3) is 0.231. The highest BCUT2D eigenvalue weighted by molar-refractivity contribution is 5.95. The van der Waals surface area contributed by atoms with E-state index in [0.29, 0.717) is 17.1 Å². The number of hydrogen-bond donors (Lipinski definition) is 3. The van der Waals surface area contributed by atoms with E-state index in [2.05, 4.69) is 15.3 Å². The molecule has 2 rings (SSSR count). The van der Waals surface area contributed by atoms with Crippen molar-refractivity contribution in [2.24, 2.45) is 0 Å². The Morgan fingerprint density at radius 2 is 2.32 bits per heavy atom. The van der Waals surface area contributed by atoms with E-state index < -0.39 is 0 Å². The molecular weight excluding hydrogens is 246 g/mol. The van der Waals surface area contributed by atoms with E-state index in [1.807, 2.05) is 6.92 Å². The lowest BCUT2D eigenvalue weighted by Crippen LogP contribution is -2.27. The van der Waals surface area contributed by atoms with Crippen molar-refractivity contribution < 1.29 is 14.6 Å². The predicted molar refractivity (Wildman–Crippen MR) is 69.1 cm³/mol. The molecule has 1 atom stereocenters. The normalized spacial score (nSPS) is 11.9. The van der Waals surface area contributed by atoms with Crippen LogP contribution >= 0.6 is 0 Å². The highest BCUT2D eigenvalue weighted by Gasteiger charge is 2.14. The Hall–Kier alpha value is -2.50. The third-order valence-corrected chi connectivity index (χ3v) is 2.72. The zero-order valence-corrected chi connectivity index (χ0v) is 10.7. The number of H-pyrrole nitrogens is 1. The molecule has 19 heavy (non-hydrogen) atoms. The number of aromatic nitrogens is 2. The number of methoxy groups -OCH3 is 1. The standard InChI is InChI=1S/C13H15N3O3/c1-8(12-14-5-6-15-12)16-13(18)9-3-4-11(19-2)10(17)7-9/h3-8,17H,1-2H3,(H,14,15)(H,16,18). The minimum atomic E-state index is -0.290. The van der Waals surface area contributed by atoms with E-state index in [-0.39, 0.29) is 17.7 Å². The van der Waals surface area contributed by atoms with Crippen molar-refractivity contribution in [1.82, 2.24) is 15.3 Å². The van der Waals surface area contributed by atoms with Crippen molar-refractivity contribution in [3.63, 3.8) is 0 Å². The summed E-state index contributed by atoms with van der Waals surface area (Å²) in [6.07, 6.45) is 3.31. The fourth-order valence-corrected chi connectivity index (χ4v) is 1.69. The molecule has 0 aliphatic rings. The van der Waals surface area contributed by atoms with E-state index in [1.165, 1.54) is 13.2 Å². The summed E-state index contributed by atoms with van der Waals surface area (Å²) >= 11 is 0. The number of imidazole rings is 1. The van der Waals surface area contributed by atoms with Crippen molar-refractivity contribution in [3.05, 3.63) is 42.0 Å². The average Bonchev–Trinajstić information content (AvgIpc) is 2.92. The van der Waals surface area contributed by atoms with Crippen molar-refractivity contribution in [3.8, 4) is 11.5 Å². The van der Waals surface area contributed by atoms with Gasteiger partial charge in [-0.3, -0.25) is 4.79 Å². The van der Waals surface area contributed by atoms with Crippen LogP contribution in [0.15, 0.2) is 30.6 Å². The molecule has 0 saturated heterocycles. The number of benzene rings is 1. The maximum Gasteiger partial charge on any atom is 0.251 e. The van der Waals surface area contributed by atoms with Crippen LogP contribution in [0.1, 0.15) is 29.1 Å². The number of nitrogens with one attached hydrogen (secondary N) is 2. The summed E-state index contributed by atoms with van der Waals surface area (Å²) in [7, 11) is 1.45. The largest absolute Gasteiger partial charge is 0.504 e. The number of amides is 1. The molecule has 1 aromatic heterocycles. The average molecular weight is 261 g/mol. The molecule has 1 amide bonds. The summed E-state index contributed by atoms with van der Waals surface area (Å²) in [6, 6.07) is 4.25. The molecule has 1 unspecified atom stereocenters. The first-order valence-electron chi connectivity index (χ1n) is 5.79. The van der Waals surface area contributed by atoms with Crippen molar-refractivity contribution in [1.29, 1.82) is 0 Å². The van der Waals surface area contributed by atoms with Gasteiger partial charge in [-0.25, -0.2) is 4.98 Å². The van der Waals surface area contributed by atoms with Gasteiger partial charge in [0.1, 0.15) is 5.82 Å². The number of nitrogens with zero attached hydrogens (tertiary/aromatic N) is 1. The number of carbonyl (C=O) groups excluding carboxylic acids is 1. The second-order valence-electron chi connectivity index (χ2n) is 4.06. The monoisotopic (exact) mass is 261 g/mol. The van der Waals surface area contributed by atoms with E-state index in [0.717, 1.165) is 0 Å². The zero-order chi connectivity index (χ0) is 13.8. The predicted octanol–water partition coefficient (Wildman–Crippen LogP) is 1.61. The Morgan fingerprint density at radius 1 is 1.53 bits per heavy atom. The summed E-state index contributed by atoms with van der Waals surface area (Å²) in [4.78, 5) is 19.0. The number of rotatable bonds is 4. The summed E-state index contributed by atoms with van der Waals surface area (Å²) in [5, 5.41) is 12.4. The van der Waals surface area contributed by atoms with E-state index >= 15 is 0 Å². The number of carbonyl (C=O) groups is 1. The van der Waals surface area contributed by atoms with Gasteiger partial charge in [0.05, 0.1) is 13.2 Å². The molecule has 0 spiro atoms. The lowest BCUT2D eigenvalue weighted by Gasteiger charge is -2.12. The van der Waals surface area contributed by atoms with E-state index in [4.69, 9.17) is 4.74 Å². The Kier molecular flexibility index (Phi) is 3.70. The molecule has 6 heteroatoms. The van der Waals surface area contributed by atoms with Gasteiger partial charge in [-0.15, -0.1) is 0 Å². The lowest BCUT2D eigenvalue weighted by molar-refractivity contribution is 0.0938. The van der Waals surface area contributed by atoms with Crippen LogP contribution in [0.3, 0.4) is 0 Å². The molecule has 0 radical (unpaired) electrons. The van der Waals surface area contributed by atoms with Gasteiger partial charge in [-0.1, -0.05) is 0 Å². The molecule has 6 nitrogen and oxygen atoms in total. The van der Waals surface area contributed by atoms with Crippen LogP contribution in [0.2, 0.25) is 0 Å². The minimum absolute atomic E-state index is 0.0687. The Bertz CT molecular complexity index is 567. The molecule has 100 valence electrons. The molecule has 2 aromatic rings. The second kappa shape index (κ2) is 5.43. The van der Waals surface area contributed by atoms with Gasteiger partial charge in [0, 0.05) is 18.0 Å². The number of hydrogen-bond acceptors (Lipinski definition) is 4. The quantitative estimate of drug-likeness (QED) is 0.780. The molecule has 0 saturated carbocycles. The van der Waals surface area contributed by atoms with Crippen molar-refractivity contribution >= 4 is 5.91 Å². The summed E-state index contributed by atoms with van der Waals surface area (Å²) in [5.41, 5.74) is 0.358. The summed E-state index contributed by atoms with van der Waals surface area (Å²) in [5.74, 6) is 0.643. The van der Waals surface area contributed by atoms with Gasteiger partial charge >= 0.3 is 0 Å². The van der Waals surface area contributed by atoms with Crippen LogP contribution in [0.4, 0.5) is 0 Å². The molecule has 1 aromatic carbocycles. The number of ether oxygens (including phenoxy) is 1. The van der Waals surface area contributed by atoms with Crippen LogP contribution in [0.25, 0.3) is 0 Å². The molecular formula is C13H15N3O3. The number of phenols is 1. The number of aromatic amines is 1. The van der Waals surface area contributed by atoms with Gasteiger partial charge < -0.3 is 20.1 Å². The maximum atomic E-state index is 12.0. The smallest absolute Gasteiger partial charge is 0.251 e. The minimum Gasteiger partial charge on any atom is -0.504 e. The topological polar surface area (TPSA) is 87.2 Å². The van der Waals surface area contributed by atoms with Gasteiger partial charge in [0.15, 0.2) is 11.5 Å². The number of aromatic hydroxyl groups is 1. The van der Waals surface area contributed by atoms with Crippen molar-refractivity contribution in [2.75, 3.05) is 7.11 Å². The third kappa shape index (κ3) is 2.85. The van der Waals surface area contributed by atoms with E-state index in [9.17, 15) is 9.90 Å². The molecule has 0 fully saturated rings. The van der Waals surface area contributed by atoms with Crippen LogP contribution in [0, 0.1) is 0 Å². The second-order valence-corrected chi connectivity index (χ2v) is 4.06. The van der Waals surface area contributed by atoms with Crippen LogP contribution in [-0.4, -0.2) is 28.1 Å². The highest BCUT2D eigenvalue weighted by Crippen LogP contribution is 2.26. The Morgan fingerprint density at radius 3 is 2.89 bits per heavy atom. The molecule has 0 aliphatic carbocycles. The third-order valence-electron chi connectivity index (χ3n) is 2.72. The molecule has 3 N–H and O–H groups in total. The zero-order valence-electron chi connectivity index (χ0n) is 10.7. The molecule has 0 bridgehead atoms. The molecule has 0 aliphatic heterocycles. The van der Waals surface area contributed by atoms with Gasteiger partial charge in [-0.05, 0) is 25.1 Å². The lowest BCUT2D eigenvalue weighted by atomic mass is 10.1. The maximum absolute atomic E-state index is 12.0. The van der Waals surface area contributed by atoms with Crippen LogP contribution in [-0.2, 0) is 0 Å². The van der Waals surface area contributed by atoms with Gasteiger partial charge in [0.25, 0.3) is 5.91 Å². The summed E-state index contributed by atoms with van der Waals surface area (Å²) in [6.45, 7) is 1.82. The highest BCUT2D eigenvalue weighted by atomic mass is 16.5. The Balaban J connectivity index is 2.10. The Labute approximate surface area is 110 Å². The van der Waals surface area contributed by atoms with Crippen LogP contribution in [0.5, 0.6) is 11.5 Å².